The predicted octanol–water partition coefficient (Wildman–Crippen LogP) is -1.83. The number of hydrogen-bond acceptors (Lipinski definition) is 7. The number of aliphatic carboxylic acids is 2. The quantitative estimate of drug-likeness (QED) is 0.321. The van der Waals surface area contributed by atoms with E-state index in [0.717, 1.165) is 4.90 Å². The maximum Gasteiger partial charge on any atom is 0.329 e. The van der Waals surface area contributed by atoms with Gasteiger partial charge in [0, 0.05) is 12.2 Å². The summed E-state index contributed by atoms with van der Waals surface area (Å²) in [5.41, 5.74) is 3.79. The van der Waals surface area contributed by atoms with E-state index in [2.05, 4.69) is 5.32 Å². The molecular formula is C14H21N3O7S. The summed E-state index contributed by atoms with van der Waals surface area (Å²) in [6.45, 7) is 1.36. The lowest BCUT2D eigenvalue weighted by Gasteiger charge is -2.56. The minimum atomic E-state index is -1.55. The molecule has 0 aromatic heterocycles. The van der Waals surface area contributed by atoms with E-state index in [4.69, 9.17) is 10.8 Å². The number of carboxylic acids is 2. The molecule has 2 rings (SSSR count). The fourth-order valence-electron chi connectivity index (χ4n) is 2.94. The van der Waals surface area contributed by atoms with Gasteiger partial charge < -0.3 is 31.3 Å². The van der Waals surface area contributed by atoms with Gasteiger partial charge in [0.2, 0.25) is 11.8 Å². The summed E-state index contributed by atoms with van der Waals surface area (Å²) in [5.74, 6) is -3.30. The Morgan fingerprint density at radius 3 is 2.64 bits per heavy atom. The average molecular weight is 375 g/mol. The van der Waals surface area contributed by atoms with Gasteiger partial charge in [0.15, 0.2) is 6.04 Å². The second kappa shape index (κ2) is 7.18. The van der Waals surface area contributed by atoms with E-state index < -0.39 is 52.9 Å². The molecule has 2 saturated heterocycles. The molecule has 5 atom stereocenters. The highest BCUT2D eigenvalue weighted by atomic mass is 32.2. The number of thioether (sulfide) groups is 1. The molecule has 6 N–H and O–H groups in total. The number of hydrogen-bond donors (Lipinski definition) is 5. The minimum Gasteiger partial charge on any atom is -0.480 e. The van der Waals surface area contributed by atoms with Gasteiger partial charge in [-0.1, -0.05) is 0 Å². The molecule has 2 heterocycles. The van der Waals surface area contributed by atoms with Crippen molar-refractivity contribution < 1.29 is 34.5 Å². The highest BCUT2D eigenvalue weighted by Gasteiger charge is 2.61. The van der Waals surface area contributed by atoms with Crippen LogP contribution in [-0.2, 0) is 19.2 Å². The van der Waals surface area contributed by atoms with Crippen molar-refractivity contribution in [1.82, 2.24) is 10.2 Å². The fourth-order valence-corrected chi connectivity index (χ4v) is 4.37. The van der Waals surface area contributed by atoms with Gasteiger partial charge in [0.05, 0.1) is 0 Å². The summed E-state index contributed by atoms with van der Waals surface area (Å²) in [7, 11) is 0. The molecule has 0 bridgehead atoms. The second-order valence-corrected chi connectivity index (χ2v) is 7.53. The molecule has 0 saturated carbocycles. The molecule has 25 heavy (non-hydrogen) atoms. The van der Waals surface area contributed by atoms with Crippen molar-refractivity contribution in [3.05, 3.63) is 0 Å². The third-order valence-electron chi connectivity index (χ3n) is 4.28. The van der Waals surface area contributed by atoms with E-state index in [1.54, 1.807) is 0 Å². The summed E-state index contributed by atoms with van der Waals surface area (Å²) in [6, 6.07) is -3.24. The first kappa shape index (κ1) is 19.5. The van der Waals surface area contributed by atoms with Gasteiger partial charge in [-0.25, -0.2) is 4.79 Å². The SMILES string of the molecule is C[C@]1(O)CS[C@@H]2[C@H](NC(=O)CCCC(N)C(=O)O)C(=O)N2[C@H]1C(=O)O. The molecule has 0 radical (unpaired) electrons. The molecule has 0 aromatic rings. The third-order valence-corrected chi connectivity index (χ3v) is 5.87. The number of nitrogens with zero attached hydrogens (tertiary/aromatic N) is 1. The molecule has 2 fully saturated rings. The predicted molar refractivity (Wildman–Crippen MR) is 86.5 cm³/mol. The van der Waals surface area contributed by atoms with Crippen LogP contribution in [0, 0.1) is 0 Å². The average Bonchev–Trinajstić information content (AvgIpc) is 2.51. The molecule has 140 valence electrons. The summed E-state index contributed by atoms with van der Waals surface area (Å²) in [4.78, 5) is 47.2. The number of fused-ring (bicyclic) bond motifs is 1. The Balaban J connectivity index is 1.89. The number of rotatable bonds is 7. The van der Waals surface area contributed by atoms with E-state index in [1.807, 2.05) is 0 Å². The first-order chi connectivity index (χ1) is 11.6. The molecule has 10 nitrogen and oxygen atoms in total. The van der Waals surface area contributed by atoms with Crippen molar-refractivity contribution >= 4 is 35.5 Å². The summed E-state index contributed by atoms with van der Waals surface area (Å²) < 4.78 is 0. The summed E-state index contributed by atoms with van der Waals surface area (Å²) in [6.07, 6.45) is 0.409. The number of nitrogens with two attached hydrogens (primary N) is 1. The zero-order valence-electron chi connectivity index (χ0n) is 13.5. The maximum atomic E-state index is 12.2. The Morgan fingerprint density at radius 2 is 2.08 bits per heavy atom. The molecular weight excluding hydrogens is 354 g/mol. The van der Waals surface area contributed by atoms with Crippen molar-refractivity contribution in [2.45, 2.75) is 55.3 Å². The van der Waals surface area contributed by atoms with Crippen LogP contribution in [-0.4, -0.2) is 78.8 Å². The number of aliphatic hydroxyl groups is 1. The lowest BCUT2D eigenvalue weighted by atomic mass is 9.91. The smallest absolute Gasteiger partial charge is 0.329 e. The summed E-state index contributed by atoms with van der Waals surface area (Å²) >= 11 is 1.21. The molecule has 1 unspecified atom stereocenters. The molecule has 2 amide bonds. The van der Waals surface area contributed by atoms with Crippen LogP contribution in [0.3, 0.4) is 0 Å². The monoisotopic (exact) mass is 375 g/mol. The number of nitrogens with one attached hydrogen (secondary N) is 1. The number of β-lactam (4-membered cyclic amide) rings is 1. The van der Waals surface area contributed by atoms with Gasteiger partial charge in [-0.3, -0.25) is 14.4 Å². The highest BCUT2D eigenvalue weighted by molar-refractivity contribution is 8.00. The number of amides is 2. The molecule has 0 aromatic carbocycles. The van der Waals surface area contributed by atoms with Crippen molar-refractivity contribution in [2.75, 3.05) is 5.75 Å². The fraction of sp³-hybridized carbons (Fsp3) is 0.714. The molecule has 2 aliphatic rings. The second-order valence-electron chi connectivity index (χ2n) is 6.43. The largest absolute Gasteiger partial charge is 0.480 e. The van der Waals surface area contributed by atoms with Crippen LogP contribution in [0.1, 0.15) is 26.2 Å². The highest BCUT2D eigenvalue weighted by Crippen LogP contribution is 2.42. The summed E-state index contributed by atoms with van der Waals surface area (Å²) in [5, 5.41) is 30.1. The van der Waals surface area contributed by atoms with Crippen LogP contribution in [0.2, 0.25) is 0 Å². The molecule has 11 heteroatoms. The van der Waals surface area contributed by atoms with Crippen LogP contribution >= 0.6 is 11.8 Å². The van der Waals surface area contributed by atoms with Crippen LogP contribution in [0.5, 0.6) is 0 Å². The van der Waals surface area contributed by atoms with Crippen molar-refractivity contribution in [3.8, 4) is 0 Å². The first-order valence-corrected chi connectivity index (χ1v) is 8.78. The van der Waals surface area contributed by atoms with Crippen molar-refractivity contribution in [3.63, 3.8) is 0 Å². The van der Waals surface area contributed by atoms with Gasteiger partial charge in [0.25, 0.3) is 0 Å². The van der Waals surface area contributed by atoms with Crippen LogP contribution in [0.15, 0.2) is 0 Å². The zero-order chi connectivity index (χ0) is 18.9. The van der Waals surface area contributed by atoms with Crippen LogP contribution < -0.4 is 11.1 Å². The normalized spacial score (nSPS) is 32.4. The molecule has 0 aliphatic carbocycles. The Kier molecular flexibility index (Phi) is 5.59. The molecule has 0 spiro atoms. The Labute approximate surface area is 147 Å². The van der Waals surface area contributed by atoms with Crippen LogP contribution in [0.25, 0.3) is 0 Å². The Bertz CT molecular complexity index is 597. The maximum absolute atomic E-state index is 12.2. The van der Waals surface area contributed by atoms with Gasteiger partial charge in [-0.2, -0.15) is 0 Å². The topological polar surface area (TPSA) is 170 Å². The Hall–Kier alpha value is -1.85. The first-order valence-electron chi connectivity index (χ1n) is 7.73. The van der Waals surface area contributed by atoms with E-state index in [9.17, 15) is 29.4 Å². The molecule has 2 aliphatic heterocycles. The number of carbonyl (C=O) groups is 4. The van der Waals surface area contributed by atoms with Gasteiger partial charge >= 0.3 is 11.9 Å². The lowest BCUT2D eigenvalue weighted by Crippen LogP contribution is -2.78. The van der Waals surface area contributed by atoms with Crippen LogP contribution in [0.4, 0.5) is 0 Å². The van der Waals surface area contributed by atoms with E-state index in [1.165, 1.54) is 18.7 Å². The minimum absolute atomic E-state index is 0.0161. The van der Waals surface area contributed by atoms with Gasteiger partial charge in [-0.05, 0) is 19.8 Å². The number of carboxylic acid groups (broad SMARTS) is 2. The van der Waals surface area contributed by atoms with E-state index in [0.29, 0.717) is 0 Å². The van der Waals surface area contributed by atoms with Crippen molar-refractivity contribution in [1.29, 1.82) is 0 Å². The third kappa shape index (κ3) is 3.88. The lowest BCUT2D eigenvalue weighted by molar-refractivity contribution is -0.174. The zero-order valence-corrected chi connectivity index (χ0v) is 14.4. The van der Waals surface area contributed by atoms with Crippen molar-refractivity contribution in [2.24, 2.45) is 5.73 Å². The number of carbonyl (C=O) groups excluding carboxylic acids is 2. The van der Waals surface area contributed by atoms with Gasteiger partial charge in [0.1, 0.15) is 23.1 Å². The van der Waals surface area contributed by atoms with Gasteiger partial charge in [-0.15, -0.1) is 11.8 Å². The standard InChI is InChI=1S/C14H21N3O7S/c1-14(24)5-25-11-8(10(19)17(11)9(14)13(22)23)16-7(18)4-2-3-6(15)12(20)21/h6,8-9,11,24H,2-5,15H2,1H3,(H,16,18)(H,20,21)(H,22,23)/t6?,8-,9+,11-,14+/m1/s1. The van der Waals surface area contributed by atoms with E-state index >= 15 is 0 Å². The Morgan fingerprint density at radius 1 is 1.44 bits per heavy atom. The van der Waals surface area contributed by atoms with E-state index in [-0.39, 0.29) is 25.0 Å².